The zero-order chi connectivity index (χ0) is 11.6. The van der Waals surface area contributed by atoms with Gasteiger partial charge in [-0.05, 0) is 25.3 Å². The van der Waals surface area contributed by atoms with Gasteiger partial charge in [-0.1, -0.05) is 23.7 Å². The van der Waals surface area contributed by atoms with E-state index in [1.807, 2.05) is 6.07 Å². The fraction of sp³-hybridized carbons (Fsp3) is 0.500. The van der Waals surface area contributed by atoms with E-state index in [2.05, 4.69) is 5.32 Å². The van der Waals surface area contributed by atoms with Gasteiger partial charge in [0.15, 0.2) is 0 Å². The lowest BCUT2D eigenvalue weighted by Gasteiger charge is -2.36. The summed E-state index contributed by atoms with van der Waals surface area (Å²) in [5.74, 6) is 0.122. The molecule has 0 aliphatic heterocycles. The molecule has 0 bridgehead atoms. The Morgan fingerprint density at radius 3 is 2.75 bits per heavy atom. The van der Waals surface area contributed by atoms with Crippen LogP contribution in [0.1, 0.15) is 24.8 Å². The molecule has 1 aliphatic carbocycles. The van der Waals surface area contributed by atoms with E-state index in [9.17, 15) is 10.2 Å². The number of halogens is 1. The summed E-state index contributed by atoms with van der Waals surface area (Å²) in [5, 5.41) is 23.0. The number of hydrogen-bond donors (Lipinski definition) is 3. The van der Waals surface area contributed by atoms with Gasteiger partial charge in [-0.25, -0.2) is 0 Å². The second kappa shape index (κ2) is 4.62. The number of hydrogen-bond acceptors (Lipinski definition) is 3. The maximum Gasteiger partial charge on any atom is 0.138 e. The van der Waals surface area contributed by atoms with Crippen molar-refractivity contribution in [3.8, 4) is 5.75 Å². The fourth-order valence-corrected chi connectivity index (χ4v) is 2.09. The molecule has 3 N–H and O–H groups in total. The highest BCUT2D eigenvalue weighted by molar-refractivity contribution is 6.32. The minimum atomic E-state index is -0.534. The summed E-state index contributed by atoms with van der Waals surface area (Å²) in [6.45, 7) is 1.09. The highest BCUT2D eigenvalue weighted by atomic mass is 35.5. The Morgan fingerprint density at radius 2 is 2.12 bits per heavy atom. The molecule has 0 aromatic heterocycles. The van der Waals surface area contributed by atoms with Gasteiger partial charge in [-0.2, -0.15) is 0 Å². The predicted molar refractivity (Wildman–Crippen MR) is 63.6 cm³/mol. The Labute approximate surface area is 100 Å². The minimum Gasteiger partial charge on any atom is -0.506 e. The number of phenols is 1. The van der Waals surface area contributed by atoms with Crippen molar-refractivity contribution in [1.82, 2.24) is 5.32 Å². The normalized spacial score (nSPS) is 18.1. The number of aromatic hydroxyl groups is 1. The molecule has 2 rings (SSSR count). The molecular formula is C12H16ClNO2. The number of nitrogens with one attached hydrogen (secondary N) is 1. The zero-order valence-corrected chi connectivity index (χ0v) is 9.80. The molecule has 1 aromatic rings. The van der Waals surface area contributed by atoms with Crippen LogP contribution in [0, 0.1) is 0 Å². The van der Waals surface area contributed by atoms with E-state index in [1.54, 1.807) is 12.1 Å². The van der Waals surface area contributed by atoms with Gasteiger partial charge in [0.2, 0.25) is 0 Å². The van der Waals surface area contributed by atoms with Gasteiger partial charge >= 0.3 is 0 Å². The van der Waals surface area contributed by atoms with Crippen molar-refractivity contribution < 1.29 is 10.2 Å². The van der Waals surface area contributed by atoms with Gasteiger partial charge in [0.05, 0.1) is 10.6 Å². The summed E-state index contributed by atoms with van der Waals surface area (Å²) >= 11 is 5.79. The van der Waals surface area contributed by atoms with Gasteiger partial charge in [0.1, 0.15) is 5.75 Å². The third-order valence-electron chi connectivity index (χ3n) is 3.12. The van der Waals surface area contributed by atoms with Crippen molar-refractivity contribution in [2.75, 3.05) is 6.54 Å². The molecule has 0 spiro atoms. The molecule has 1 saturated carbocycles. The molecular weight excluding hydrogens is 226 g/mol. The number of para-hydroxylation sites is 1. The molecule has 1 aliphatic rings. The lowest BCUT2D eigenvalue weighted by atomic mass is 9.80. The largest absolute Gasteiger partial charge is 0.506 e. The highest BCUT2D eigenvalue weighted by Gasteiger charge is 2.33. The molecule has 88 valence electrons. The van der Waals surface area contributed by atoms with Crippen molar-refractivity contribution in [3.63, 3.8) is 0 Å². The average Bonchev–Trinajstić information content (AvgIpc) is 2.22. The van der Waals surface area contributed by atoms with Crippen LogP contribution >= 0.6 is 11.6 Å². The number of benzene rings is 1. The van der Waals surface area contributed by atoms with Gasteiger partial charge < -0.3 is 15.5 Å². The standard InChI is InChI=1S/C12H16ClNO2/c13-10-4-1-3-9(11(10)15)7-14-8-12(16)5-2-6-12/h1,3-4,14-16H,2,5-8H2. The van der Waals surface area contributed by atoms with E-state index in [0.29, 0.717) is 18.1 Å². The Balaban J connectivity index is 1.87. The predicted octanol–water partition coefficient (Wildman–Crippen LogP) is 2.05. The van der Waals surface area contributed by atoms with Gasteiger partial charge in [0, 0.05) is 18.7 Å². The van der Waals surface area contributed by atoms with E-state index in [0.717, 1.165) is 24.8 Å². The van der Waals surface area contributed by atoms with Crippen LogP contribution in [0.25, 0.3) is 0 Å². The van der Waals surface area contributed by atoms with E-state index in [4.69, 9.17) is 11.6 Å². The Bertz CT molecular complexity index is 377. The second-order valence-corrected chi connectivity index (χ2v) is 4.84. The quantitative estimate of drug-likeness (QED) is 0.756. The first-order valence-electron chi connectivity index (χ1n) is 5.50. The molecule has 1 fully saturated rings. The van der Waals surface area contributed by atoms with Crippen molar-refractivity contribution in [3.05, 3.63) is 28.8 Å². The molecule has 0 heterocycles. The molecule has 0 amide bonds. The van der Waals surface area contributed by atoms with Crippen LogP contribution in [-0.4, -0.2) is 22.4 Å². The summed E-state index contributed by atoms with van der Waals surface area (Å²) in [4.78, 5) is 0. The lowest BCUT2D eigenvalue weighted by Crippen LogP contribution is -2.45. The molecule has 0 atom stereocenters. The Kier molecular flexibility index (Phi) is 3.38. The maximum absolute atomic E-state index is 9.86. The summed E-state index contributed by atoms with van der Waals surface area (Å²) < 4.78 is 0. The Morgan fingerprint density at radius 1 is 1.38 bits per heavy atom. The number of phenolic OH excluding ortho intramolecular Hbond substituents is 1. The third kappa shape index (κ3) is 2.48. The van der Waals surface area contributed by atoms with Crippen LogP contribution in [-0.2, 0) is 6.54 Å². The minimum absolute atomic E-state index is 0.122. The molecule has 4 heteroatoms. The van der Waals surface area contributed by atoms with Crippen LogP contribution < -0.4 is 5.32 Å². The van der Waals surface area contributed by atoms with E-state index >= 15 is 0 Å². The lowest BCUT2D eigenvalue weighted by molar-refractivity contribution is -0.0315. The second-order valence-electron chi connectivity index (χ2n) is 4.43. The Hall–Kier alpha value is -0.770. The van der Waals surface area contributed by atoms with Crippen LogP contribution in [0.15, 0.2) is 18.2 Å². The van der Waals surface area contributed by atoms with Crippen LogP contribution in [0.3, 0.4) is 0 Å². The van der Waals surface area contributed by atoms with Crippen molar-refractivity contribution in [2.45, 2.75) is 31.4 Å². The molecule has 0 saturated heterocycles. The number of aliphatic hydroxyl groups is 1. The SMILES string of the molecule is Oc1c(Cl)cccc1CNCC1(O)CCC1. The van der Waals surface area contributed by atoms with Crippen molar-refractivity contribution in [2.24, 2.45) is 0 Å². The topological polar surface area (TPSA) is 52.5 Å². The van der Waals surface area contributed by atoms with Gasteiger partial charge in [0.25, 0.3) is 0 Å². The monoisotopic (exact) mass is 241 g/mol. The van der Waals surface area contributed by atoms with E-state index in [1.165, 1.54) is 0 Å². The van der Waals surface area contributed by atoms with Gasteiger partial charge in [-0.3, -0.25) is 0 Å². The molecule has 3 nitrogen and oxygen atoms in total. The van der Waals surface area contributed by atoms with Crippen LogP contribution in [0.2, 0.25) is 5.02 Å². The van der Waals surface area contributed by atoms with E-state index < -0.39 is 5.60 Å². The molecule has 0 unspecified atom stereocenters. The summed E-state index contributed by atoms with van der Waals surface area (Å²) in [7, 11) is 0. The molecule has 16 heavy (non-hydrogen) atoms. The summed E-state index contributed by atoms with van der Waals surface area (Å²) in [5.41, 5.74) is 0.226. The first kappa shape index (κ1) is 11.7. The summed E-state index contributed by atoms with van der Waals surface area (Å²) in [6, 6.07) is 5.27. The molecule has 1 aromatic carbocycles. The number of rotatable bonds is 4. The summed E-state index contributed by atoms with van der Waals surface area (Å²) in [6.07, 6.45) is 2.82. The fourth-order valence-electron chi connectivity index (χ4n) is 1.89. The van der Waals surface area contributed by atoms with Crippen molar-refractivity contribution >= 4 is 11.6 Å². The first-order valence-corrected chi connectivity index (χ1v) is 5.88. The van der Waals surface area contributed by atoms with Crippen LogP contribution in [0.5, 0.6) is 5.75 Å². The zero-order valence-electron chi connectivity index (χ0n) is 9.04. The molecule has 0 radical (unpaired) electrons. The smallest absolute Gasteiger partial charge is 0.138 e. The average molecular weight is 242 g/mol. The maximum atomic E-state index is 9.86. The third-order valence-corrected chi connectivity index (χ3v) is 3.43. The van der Waals surface area contributed by atoms with Crippen molar-refractivity contribution in [1.29, 1.82) is 0 Å². The van der Waals surface area contributed by atoms with Gasteiger partial charge in [-0.15, -0.1) is 0 Å². The highest BCUT2D eigenvalue weighted by Crippen LogP contribution is 2.31. The first-order chi connectivity index (χ1) is 7.61. The van der Waals surface area contributed by atoms with Crippen LogP contribution in [0.4, 0.5) is 0 Å². The van der Waals surface area contributed by atoms with E-state index in [-0.39, 0.29) is 5.75 Å².